The molecule has 2 aromatic rings. The average Bonchev–Trinajstić information content (AvgIpc) is 2.68. The van der Waals surface area contributed by atoms with Gasteiger partial charge in [0.25, 0.3) is 0 Å². The molecule has 27 heavy (non-hydrogen) atoms. The van der Waals surface area contributed by atoms with Crippen molar-refractivity contribution < 1.29 is 14.2 Å². The molecule has 0 saturated heterocycles. The van der Waals surface area contributed by atoms with Crippen molar-refractivity contribution >= 4 is 29.9 Å². The Morgan fingerprint density at radius 3 is 2.07 bits per heavy atom. The summed E-state index contributed by atoms with van der Waals surface area (Å²) >= 11 is 0. The maximum Gasteiger partial charge on any atom is 0.191 e. The van der Waals surface area contributed by atoms with E-state index in [1.807, 2.05) is 24.3 Å². The Labute approximate surface area is 178 Å². The van der Waals surface area contributed by atoms with Gasteiger partial charge >= 0.3 is 0 Å². The smallest absolute Gasteiger partial charge is 0.191 e. The van der Waals surface area contributed by atoms with E-state index in [1.165, 1.54) is 5.56 Å². The fourth-order valence-corrected chi connectivity index (χ4v) is 2.58. The predicted molar refractivity (Wildman–Crippen MR) is 119 cm³/mol. The van der Waals surface area contributed by atoms with Crippen LogP contribution >= 0.6 is 24.0 Å². The number of aliphatic imine (C=N–C) groups is 1. The third kappa shape index (κ3) is 7.26. The Balaban J connectivity index is 0.00000364. The van der Waals surface area contributed by atoms with Gasteiger partial charge in [-0.2, -0.15) is 0 Å². The first-order valence-corrected chi connectivity index (χ1v) is 8.42. The maximum absolute atomic E-state index is 5.34. The van der Waals surface area contributed by atoms with Gasteiger partial charge in [0.2, 0.25) is 0 Å². The van der Waals surface area contributed by atoms with E-state index in [2.05, 4.69) is 33.8 Å². The van der Waals surface area contributed by atoms with Crippen LogP contribution in [0.15, 0.2) is 47.5 Å². The highest BCUT2D eigenvalue weighted by molar-refractivity contribution is 14.0. The number of methoxy groups -OCH3 is 3. The maximum atomic E-state index is 5.34. The summed E-state index contributed by atoms with van der Waals surface area (Å²) in [6, 6.07) is 14.1. The molecule has 6 nitrogen and oxygen atoms in total. The second-order valence-corrected chi connectivity index (χ2v) is 5.72. The molecule has 7 heteroatoms. The van der Waals surface area contributed by atoms with Crippen LogP contribution in [0.3, 0.4) is 0 Å². The number of benzene rings is 2. The van der Waals surface area contributed by atoms with Crippen LogP contribution in [0.5, 0.6) is 11.5 Å². The zero-order valence-corrected chi connectivity index (χ0v) is 18.6. The minimum atomic E-state index is 0. The monoisotopic (exact) mass is 485 g/mol. The first-order valence-electron chi connectivity index (χ1n) is 8.42. The number of rotatable bonds is 8. The van der Waals surface area contributed by atoms with Crippen LogP contribution in [0.2, 0.25) is 0 Å². The van der Waals surface area contributed by atoms with Gasteiger partial charge in [-0.3, -0.25) is 4.99 Å². The summed E-state index contributed by atoms with van der Waals surface area (Å²) < 4.78 is 15.8. The lowest BCUT2D eigenvalue weighted by Crippen LogP contribution is -2.36. The largest absolute Gasteiger partial charge is 0.493 e. The van der Waals surface area contributed by atoms with E-state index >= 15 is 0 Å². The molecule has 0 fully saturated rings. The van der Waals surface area contributed by atoms with Crippen molar-refractivity contribution in [3.05, 3.63) is 59.2 Å². The van der Waals surface area contributed by atoms with Gasteiger partial charge in [0.05, 0.1) is 20.8 Å². The first-order chi connectivity index (χ1) is 12.7. The summed E-state index contributed by atoms with van der Waals surface area (Å²) in [5.41, 5.74) is 3.40. The zero-order chi connectivity index (χ0) is 18.8. The molecule has 0 unspecified atom stereocenters. The van der Waals surface area contributed by atoms with Crippen molar-refractivity contribution in [1.29, 1.82) is 0 Å². The normalized spacial score (nSPS) is 10.7. The van der Waals surface area contributed by atoms with Crippen molar-refractivity contribution in [2.45, 2.75) is 19.7 Å². The molecule has 0 aliphatic heterocycles. The summed E-state index contributed by atoms with van der Waals surface area (Å²) in [4.78, 5) is 4.27. The highest BCUT2D eigenvalue weighted by Crippen LogP contribution is 2.27. The van der Waals surface area contributed by atoms with E-state index in [-0.39, 0.29) is 24.0 Å². The highest BCUT2D eigenvalue weighted by Gasteiger charge is 2.05. The summed E-state index contributed by atoms with van der Waals surface area (Å²) in [7, 11) is 6.71. The molecule has 0 atom stereocenters. The second kappa shape index (κ2) is 12.4. The van der Waals surface area contributed by atoms with Crippen LogP contribution < -0.4 is 20.1 Å². The van der Waals surface area contributed by atoms with E-state index < -0.39 is 0 Å². The van der Waals surface area contributed by atoms with Crippen LogP contribution in [0.25, 0.3) is 0 Å². The third-order valence-corrected chi connectivity index (χ3v) is 3.89. The number of hydrogen-bond acceptors (Lipinski definition) is 4. The van der Waals surface area contributed by atoms with Gasteiger partial charge in [-0.25, -0.2) is 0 Å². The third-order valence-electron chi connectivity index (χ3n) is 3.89. The average molecular weight is 485 g/mol. The number of hydrogen-bond donors (Lipinski definition) is 2. The highest BCUT2D eigenvalue weighted by atomic mass is 127. The SMILES string of the molecule is CN=C(NCc1cccc(COC)c1)NCc1ccc(OC)c(OC)c1.I. The molecule has 2 aromatic carbocycles. The van der Waals surface area contributed by atoms with E-state index in [0.717, 1.165) is 22.8 Å². The molecule has 0 heterocycles. The van der Waals surface area contributed by atoms with Gasteiger partial charge in [-0.15, -0.1) is 24.0 Å². The van der Waals surface area contributed by atoms with Crippen LogP contribution in [-0.4, -0.2) is 34.3 Å². The van der Waals surface area contributed by atoms with Gasteiger partial charge in [0.1, 0.15) is 0 Å². The summed E-state index contributed by atoms with van der Waals surface area (Å²) in [5, 5.41) is 6.62. The number of nitrogens with zero attached hydrogens (tertiary/aromatic N) is 1. The summed E-state index contributed by atoms with van der Waals surface area (Å²) in [6.07, 6.45) is 0. The summed E-state index contributed by atoms with van der Waals surface area (Å²) in [5.74, 6) is 2.16. The lowest BCUT2D eigenvalue weighted by molar-refractivity contribution is 0.185. The molecule has 0 aliphatic rings. The quantitative estimate of drug-likeness (QED) is 0.341. The van der Waals surface area contributed by atoms with Crippen molar-refractivity contribution in [2.75, 3.05) is 28.4 Å². The molecular formula is C20H28IN3O3. The molecule has 2 rings (SSSR count). The minimum absolute atomic E-state index is 0. The Bertz CT molecular complexity index is 738. The van der Waals surface area contributed by atoms with Gasteiger partial charge in [0, 0.05) is 27.2 Å². The van der Waals surface area contributed by atoms with Crippen molar-refractivity contribution in [1.82, 2.24) is 10.6 Å². The van der Waals surface area contributed by atoms with Gasteiger partial charge in [-0.1, -0.05) is 30.3 Å². The van der Waals surface area contributed by atoms with Crippen molar-refractivity contribution in [2.24, 2.45) is 4.99 Å². The lowest BCUT2D eigenvalue weighted by atomic mass is 10.1. The fraction of sp³-hybridized carbons (Fsp3) is 0.350. The van der Waals surface area contributed by atoms with Crippen molar-refractivity contribution in [3.63, 3.8) is 0 Å². The molecule has 2 N–H and O–H groups in total. The molecule has 0 spiro atoms. The van der Waals surface area contributed by atoms with Crippen LogP contribution in [0.1, 0.15) is 16.7 Å². The fourth-order valence-electron chi connectivity index (χ4n) is 2.58. The number of halogens is 1. The Kier molecular flexibility index (Phi) is 10.6. The number of ether oxygens (including phenoxy) is 3. The Morgan fingerprint density at radius 1 is 0.852 bits per heavy atom. The van der Waals surface area contributed by atoms with Gasteiger partial charge in [0.15, 0.2) is 17.5 Å². The van der Waals surface area contributed by atoms with E-state index in [9.17, 15) is 0 Å². The van der Waals surface area contributed by atoms with Crippen molar-refractivity contribution in [3.8, 4) is 11.5 Å². The molecule has 0 amide bonds. The van der Waals surface area contributed by atoms with Gasteiger partial charge < -0.3 is 24.8 Å². The second-order valence-electron chi connectivity index (χ2n) is 5.72. The zero-order valence-electron chi connectivity index (χ0n) is 16.2. The van der Waals surface area contributed by atoms with Crippen LogP contribution in [-0.2, 0) is 24.4 Å². The Morgan fingerprint density at radius 2 is 1.48 bits per heavy atom. The lowest BCUT2D eigenvalue weighted by Gasteiger charge is -2.14. The van der Waals surface area contributed by atoms with Crippen LogP contribution in [0, 0.1) is 0 Å². The molecular weight excluding hydrogens is 457 g/mol. The minimum Gasteiger partial charge on any atom is -0.493 e. The molecule has 0 aliphatic carbocycles. The topological polar surface area (TPSA) is 64.1 Å². The van der Waals surface area contributed by atoms with E-state index in [0.29, 0.717) is 25.4 Å². The van der Waals surface area contributed by atoms with Crippen LogP contribution in [0.4, 0.5) is 0 Å². The molecule has 0 bridgehead atoms. The van der Waals surface area contributed by atoms with E-state index in [4.69, 9.17) is 14.2 Å². The molecule has 148 valence electrons. The predicted octanol–water partition coefficient (Wildman–Crippen LogP) is 3.33. The van der Waals surface area contributed by atoms with E-state index in [1.54, 1.807) is 28.4 Å². The molecule has 0 radical (unpaired) electrons. The van der Waals surface area contributed by atoms with Gasteiger partial charge in [-0.05, 0) is 28.8 Å². The standard InChI is InChI=1S/C20H27N3O3.HI/c1-21-20(22-12-15-6-5-7-17(10-15)14-24-2)23-13-16-8-9-18(25-3)19(11-16)26-4;/h5-11H,12-14H2,1-4H3,(H2,21,22,23);1H. The molecule has 0 aromatic heterocycles. The molecule has 0 saturated carbocycles. The first kappa shape index (κ1) is 23.0. The number of nitrogens with one attached hydrogen (secondary N) is 2. The Hall–Kier alpha value is -2.00. The summed E-state index contributed by atoms with van der Waals surface area (Å²) in [6.45, 7) is 1.92. The number of guanidine groups is 1.